The summed E-state index contributed by atoms with van der Waals surface area (Å²) in [6.45, 7) is 4.18. The summed E-state index contributed by atoms with van der Waals surface area (Å²) < 4.78 is 39.3. The number of carbonyl (C=O) groups excluding carboxylic acids is 1. The van der Waals surface area contributed by atoms with Crippen molar-refractivity contribution in [3.63, 3.8) is 0 Å². The number of sulfonamides is 1. The molecular weight excluding hydrogens is 532 g/mol. The minimum Gasteiger partial charge on any atom is -0.550 e. The van der Waals surface area contributed by atoms with Crippen LogP contribution in [0.5, 0.6) is 5.88 Å². The Labute approximate surface area is 235 Å². The Bertz CT molecular complexity index is 1390. The largest absolute Gasteiger partial charge is 0.550 e. The standard InChI is InChI=1S/C27H32N4O4S.C2H4O2/c1-18(22-8-10-27(30-15-22)35-12-11-34-2)21-6-3-19-7-9-24(14-23(19)13-21)36(32,33)31-26-17-28-25(16-29-26)20-4-5-20;1-2(3)4/h7-10,14-18,20-21H,3-6,11-13H2,1-2H3,(H,29,31);1H3,(H,3,4)/p-1/t18-,21?;/m0./s1. The van der Waals surface area contributed by atoms with E-state index in [1.54, 1.807) is 19.4 Å². The fourth-order valence-corrected chi connectivity index (χ4v) is 5.82. The van der Waals surface area contributed by atoms with Gasteiger partial charge in [0.25, 0.3) is 10.0 Å². The Kier molecular flexibility index (Phi) is 9.70. The summed E-state index contributed by atoms with van der Waals surface area (Å²) in [5, 5.41) is 8.89. The van der Waals surface area contributed by atoms with Crippen molar-refractivity contribution in [1.82, 2.24) is 15.0 Å². The Morgan fingerprint density at radius 1 is 1.05 bits per heavy atom. The first-order chi connectivity index (χ1) is 19.2. The van der Waals surface area contributed by atoms with Crippen LogP contribution in [0.3, 0.4) is 0 Å². The summed E-state index contributed by atoms with van der Waals surface area (Å²) in [7, 11) is -2.11. The second-order valence-corrected chi connectivity index (χ2v) is 11.9. The van der Waals surface area contributed by atoms with E-state index in [1.807, 2.05) is 24.4 Å². The lowest BCUT2D eigenvalue weighted by atomic mass is 9.75. The van der Waals surface area contributed by atoms with Crippen molar-refractivity contribution >= 4 is 21.8 Å². The third-order valence-corrected chi connectivity index (χ3v) is 8.54. The molecule has 1 N–H and O–H groups in total. The molecule has 2 aromatic heterocycles. The second kappa shape index (κ2) is 13.2. The number of carboxylic acid groups (broad SMARTS) is 1. The number of anilines is 1. The number of hydrogen-bond donors (Lipinski definition) is 1. The van der Waals surface area contributed by atoms with Gasteiger partial charge in [-0.25, -0.2) is 18.4 Å². The van der Waals surface area contributed by atoms with Crippen molar-refractivity contribution in [2.45, 2.75) is 62.7 Å². The quantitative estimate of drug-likeness (QED) is 0.365. The predicted octanol–water partition coefficient (Wildman–Crippen LogP) is 3.24. The van der Waals surface area contributed by atoms with E-state index in [1.165, 1.54) is 11.8 Å². The summed E-state index contributed by atoms with van der Waals surface area (Å²) in [5.41, 5.74) is 4.38. The van der Waals surface area contributed by atoms with Gasteiger partial charge in [-0.15, -0.1) is 0 Å². The summed E-state index contributed by atoms with van der Waals surface area (Å²) in [4.78, 5) is 22.2. The average Bonchev–Trinajstić information content (AvgIpc) is 3.78. The minimum atomic E-state index is -3.75. The van der Waals surface area contributed by atoms with Gasteiger partial charge in [0.05, 0.1) is 29.6 Å². The molecule has 0 bridgehead atoms. The number of fused-ring (bicyclic) bond motifs is 1. The van der Waals surface area contributed by atoms with Gasteiger partial charge >= 0.3 is 0 Å². The normalized spacial score (nSPS) is 17.1. The lowest BCUT2D eigenvalue weighted by Crippen LogP contribution is -2.21. The topological polar surface area (TPSA) is 143 Å². The van der Waals surface area contributed by atoms with Crippen molar-refractivity contribution in [2.24, 2.45) is 5.92 Å². The molecule has 40 heavy (non-hydrogen) atoms. The first-order valence-electron chi connectivity index (χ1n) is 13.4. The smallest absolute Gasteiger partial charge is 0.263 e. The number of methoxy groups -OCH3 is 1. The van der Waals surface area contributed by atoms with E-state index in [0.717, 1.165) is 55.8 Å². The molecule has 0 spiro atoms. The number of hydrogen-bond acceptors (Lipinski definition) is 9. The van der Waals surface area contributed by atoms with Gasteiger partial charge in [0.2, 0.25) is 5.88 Å². The van der Waals surface area contributed by atoms with E-state index >= 15 is 0 Å². The summed E-state index contributed by atoms with van der Waals surface area (Å²) in [6.07, 6.45) is 10.1. The van der Waals surface area contributed by atoms with Crippen molar-refractivity contribution < 1.29 is 27.8 Å². The average molecular weight is 568 g/mol. The summed E-state index contributed by atoms with van der Waals surface area (Å²) >= 11 is 0. The molecule has 0 aliphatic heterocycles. The molecule has 1 aromatic carbocycles. The van der Waals surface area contributed by atoms with Gasteiger partial charge in [-0.05, 0) is 79.7 Å². The zero-order valence-corrected chi connectivity index (χ0v) is 23.8. The van der Waals surface area contributed by atoms with Gasteiger partial charge in [0.15, 0.2) is 5.82 Å². The van der Waals surface area contributed by atoms with Crippen molar-refractivity contribution in [3.8, 4) is 5.88 Å². The van der Waals surface area contributed by atoms with E-state index in [0.29, 0.717) is 30.9 Å². The van der Waals surface area contributed by atoms with Crippen molar-refractivity contribution in [3.05, 3.63) is 71.3 Å². The van der Waals surface area contributed by atoms with Crippen LogP contribution in [0.4, 0.5) is 5.82 Å². The number of aromatic nitrogens is 3. The molecule has 1 unspecified atom stereocenters. The number of benzene rings is 1. The second-order valence-electron chi connectivity index (χ2n) is 10.2. The Morgan fingerprint density at radius 2 is 1.82 bits per heavy atom. The van der Waals surface area contributed by atoms with Crippen LogP contribution in [0.25, 0.3) is 0 Å². The Balaban J connectivity index is 0.000000867. The van der Waals surface area contributed by atoms with Crippen LogP contribution >= 0.6 is 0 Å². The predicted molar refractivity (Wildman–Crippen MR) is 147 cm³/mol. The first-order valence-corrected chi connectivity index (χ1v) is 14.9. The summed E-state index contributed by atoms with van der Waals surface area (Å²) in [5.74, 6) is 0.905. The highest BCUT2D eigenvalue weighted by Crippen LogP contribution is 2.39. The zero-order chi connectivity index (χ0) is 28.7. The maximum absolute atomic E-state index is 13.1. The number of aliphatic carboxylic acids is 1. The van der Waals surface area contributed by atoms with Crippen LogP contribution in [-0.2, 0) is 32.4 Å². The number of ether oxygens (including phenoxy) is 2. The molecule has 5 rings (SSSR count). The zero-order valence-electron chi connectivity index (χ0n) is 23.0. The highest BCUT2D eigenvalue weighted by molar-refractivity contribution is 7.92. The molecule has 2 aliphatic carbocycles. The maximum atomic E-state index is 13.1. The van der Waals surface area contributed by atoms with E-state index in [9.17, 15) is 8.42 Å². The van der Waals surface area contributed by atoms with Crippen LogP contribution < -0.4 is 14.6 Å². The van der Waals surface area contributed by atoms with Gasteiger partial charge in [-0.2, -0.15) is 0 Å². The van der Waals surface area contributed by atoms with Gasteiger partial charge in [0, 0.05) is 31.3 Å². The van der Waals surface area contributed by atoms with Crippen molar-refractivity contribution in [2.75, 3.05) is 25.0 Å². The summed E-state index contributed by atoms with van der Waals surface area (Å²) in [6, 6.07) is 9.40. The van der Waals surface area contributed by atoms with Gasteiger partial charge in [-0.1, -0.05) is 19.1 Å². The molecule has 2 aliphatic rings. The molecule has 214 valence electrons. The Morgan fingerprint density at radius 3 is 2.45 bits per heavy atom. The number of nitrogens with one attached hydrogen (secondary N) is 1. The number of rotatable bonds is 10. The number of pyridine rings is 1. The fraction of sp³-hybridized carbons (Fsp3) is 0.448. The maximum Gasteiger partial charge on any atom is 0.263 e. The Hall–Kier alpha value is -3.57. The van der Waals surface area contributed by atoms with Crippen LogP contribution in [0.1, 0.15) is 67.3 Å². The molecule has 3 aromatic rings. The third kappa shape index (κ3) is 7.98. The molecule has 10 nitrogen and oxygen atoms in total. The number of carbonyl (C=O) groups is 1. The van der Waals surface area contributed by atoms with Crippen LogP contribution in [0.15, 0.2) is 53.8 Å². The van der Waals surface area contributed by atoms with Gasteiger partial charge < -0.3 is 19.4 Å². The van der Waals surface area contributed by atoms with Crippen LogP contribution in [0, 0.1) is 5.92 Å². The van der Waals surface area contributed by atoms with E-state index in [4.69, 9.17) is 19.4 Å². The molecule has 2 atom stereocenters. The SMILES string of the molecule is CC(=O)[O-].COCCOc1ccc([C@@H](C)C2CCc3ccc(S(=O)(=O)Nc4cnc(C5CC5)cn4)cc3C2)cn1. The molecule has 0 amide bonds. The minimum absolute atomic E-state index is 0.241. The first kappa shape index (κ1) is 29.4. The van der Waals surface area contributed by atoms with E-state index in [2.05, 4.69) is 32.7 Å². The fourth-order valence-electron chi connectivity index (χ4n) is 4.78. The highest BCUT2D eigenvalue weighted by atomic mass is 32.2. The van der Waals surface area contributed by atoms with Crippen LogP contribution in [-0.4, -0.2) is 49.7 Å². The number of aryl methyl sites for hydroxylation is 1. The lowest BCUT2D eigenvalue weighted by Gasteiger charge is -2.30. The monoisotopic (exact) mass is 567 g/mol. The lowest BCUT2D eigenvalue weighted by molar-refractivity contribution is -0.302. The van der Waals surface area contributed by atoms with Gasteiger partial charge in [-0.3, -0.25) is 9.71 Å². The van der Waals surface area contributed by atoms with Crippen molar-refractivity contribution in [1.29, 1.82) is 0 Å². The third-order valence-electron chi connectivity index (χ3n) is 7.19. The van der Waals surface area contributed by atoms with Gasteiger partial charge in [0.1, 0.15) is 6.61 Å². The number of carboxylic acids is 1. The van der Waals surface area contributed by atoms with E-state index in [-0.39, 0.29) is 16.6 Å². The molecule has 11 heteroatoms. The van der Waals surface area contributed by atoms with E-state index < -0.39 is 16.0 Å². The molecule has 0 saturated heterocycles. The molecule has 2 heterocycles. The molecule has 1 saturated carbocycles. The molecular formula is C29H35N4O6S-. The highest BCUT2D eigenvalue weighted by Gasteiger charge is 2.27. The number of nitrogens with zero attached hydrogens (tertiary/aromatic N) is 3. The molecule has 0 radical (unpaired) electrons. The molecule has 1 fully saturated rings. The van der Waals surface area contributed by atoms with Crippen LogP contribution in [0.2, 0.25) is 0 Å².